The Bertz CT molecular complexity index is 513. The van der Waals surface area contributed by atoms with Crippen molar-refractivity contribution in [3.05, 3.63) is 29.8 Å². The fraction of sp³-hybridized carbons (Fsp3) is 0.500. The first-order valence-electron chi connectivity index (χ1n) is 7.59. The minimum absolute atomic E-state index is 0.0479. The van der Waals surface area contributed by atoms with Crippen LogP contribution in [0.5, 0.6) is 0 Å². The maximum absolute atomic E-state index is 11.9. The molecule has 120 valence electrons. The Morgan fingerprint density at radius 2 is 2.05 bits per heavy atom. The highest BCUT2D eigenvalue weighted by molar-refractivity contribution is 5.90. The van der Waals surface area contributed by atoms with Crippen molar-refractivity contribution in [3.63, 3.8) is 0 Å². The molecular formula is C16H24N4O2. The van der Waals surface area contributed by atoms with Crippen LogP contribution in [0.25, 0.3) is 0 Å². The highest BCUT2D eigenvalue weighted by Crippen LogP contribution is 2.10. The van der Waals surface area contributed by atoms with Gasteiger partial charge in [-0.05, 0) is 38.2 Å². The summed E-state index contributed by atoms with van der Waals surface area (Å²) in [4.78, 5) is 25.1. The Labute approximate surface area is 131 Å². The van der Waals surface area contributed by atoms with E-state index >= 15 is 0 Å². The number of carbonyl (C=O) groups is 2. The van der Waals surface area contributed by atoms with Crippen LogP contribution in [-0.2, 0) is 16.1 Å². The van der Waals surface area contributed by atoms with Crippen molar-refractivity contribution in [3.8, 4) is 0 Å². The summed E-state index contributed by atoms with van der Waals surface area (Å²) in [7, 11) is 4.08. The fourth-order valence-electron chi connectivity index (χ4n) is 2.29. The van der Waals surface area contributed by atoms with Crippen LogP contribution < -0.4 is 16.0 Å². The highest BCUT2D eigenvalue weighted by atomic mass is 16.2. The zero-order valence-electron chi connectivity index (χ0n) is 13.2. The summed E-state index contributed by atoms with van der Waals surface area (Å²) in [5.74, 6) is -0.160. The predicted molar refractivity (Wildman–Crippen MR) is 86.5 cm³/mol. The molecule has 6 nitrogen and oxygen atoms in total. The number of rotatable bonds is 7. The van der Waals surface area contributed by atoms with Crippen molar-refractivity contribution in [1.82, 2.24) is 15.5 Å². The molecule has 0 unspecified atom stereocenters. The molecule has 0 saturated carbocycles. The molecule has 1 heterocycles. The average molecular weight is 304 g/mol. The minimum atomic E-state index is -0.375. The fourth-order valence-corrected chi connectivity index (χ4v) is 2.29. The topological polar surface area (TPSA) is 73.5 Å². The summed E-state index contributed by atoms with van der Waals surface area (Å²) < 4.78 is 0. The molecule has 6 heteroatoms. The molecule has 0 aromatic heterocycles. The van der Waals surface area contributed by atoms with Crippen molar-refractivity contribution in [2.75, 3.05) is 32.5 Å². The van der Waals surface area contributed by atoms with Crippen LogP contribution in [0.3, 0.4) is 0 Å². The van der Waals surface area contributed by atoms with Crippen molar-refractivity contribution in [2.24, 2.45) is 0 Å². The molecule has 2 amide bonds. The van der Waals surface area contributed by atoms with Gasteiger partial charge in [0.05, 0.1) is 0 Å². The first-order valence-corrected chi connectivity index (χ1v) is 7.59. The monoisotopic (exact) mass is 304 g/mol. The molecule has 0 aliphatic carbocycles. The van der Waals surface area contributed by atoms with E-state index in [1.807, 2.05) is 38.4 Å². The Balaban J connectivity index is 1.74. The standard InChI is InChI=1S/C16H24N4O2/c1-20(2)10-9-17-13-5-3-12(4-6-13)11-18-16(22)14-7-8-15(21)19-14/h3-6,14,17H,7-11H2,1-2H3,(H,18,22)(H,19,21)/t14-/m0/s1. The van der Waals surface area contributed by atoms with E-state index in [9.17, 15) is 9.59 Å². The van der Waals surface area contributed by atoms with Gasteiger partial charge in [-0.2, -0.15) is 0 Å². The molecule has 1 aromatic rings. The van der Waals surface area contributed by atoms with Gasteiger partial charge in [-0.25, -0.2) is 0 Å². The van der Waals surface area contributed by atoms with Crippen molar-refractivity contribution in [2.45, 2.75) is 25.4 Å². The maximum Gasteiger partial charge on any atom is 0.242 e. The number of anilines is 1. The van der Waals surface area contributed by atoms with Gasteiger partial charge < -0.3 is 20.9 Å². The number of likely N-dealkylation sites (N-methyl/N-ethyl adjacent to an activating group) is 1. The number of nitrogens with one attached hydrogen (secondary N) is 3. The third kappa shape index (κ3) is 5.04. The number of amides is 2. The van der Waals surface area contributed by atoms with Crippen LogP contribution in [0, 0.1) is 0 Å². The molecule has 1 saturated heterocycles. The molecule has 1 aromatic carbocycles. The molecule has 3 N–H and O–H groups in total. The highest BCUT2D eigenvalue weighted by Gasteiger charge is 2.26. The summed E-state index contributed by atoms with van der Waals surface area (Å²) in [6.45, 7) is 2.35. The average Bonchev–Trinajstić information content (AvgIpc) is 2.92. The second-order valence-corrected chi connectivity index (χ2v) is 5.80. The largest absolute Gasteiger partial charge is 0.384 e. The minimum Gasteiger partial charge on any atom is -0.384 e. The summed E-state index contributed by atoms with van der Waals surface area (Å²) in [6, 6.07) is 7.62. The quantitative estimate of drug-likeness (QED) is 0.688. The normalized spacial score (nSPS) is 17.4. The van der Waals surface area contributed by atoms with E-state index in [1.54, 1.807) is 0 Å². The van der Waals surface area contributed by atoms with Crippen LogP contribution in [0.1, 0.15) is 18.4 Å². The molecule has 0 spiro atoms. The third-order valence-corrected chi connectivity index (χ3v) is 3.62. The lowest BCUT2D eigenvalue weighted by Crippen LogP contribution is -2.41. The lowest BCUT2D eigenvalue weighted by atomic mass is 10.2. The second kappa shape index (κ2) is 7.79. The van der Waals surface area contributed by atoms with E-state index in [-0.39, 0.29) is 17.9 Å². The molecule has 22 heavy (non-hydrogen) atoms. The van der Waals surface area contributed by atoms with Crippen molar-refractivity contribution < 1.29 is 9.59 Å². The Morgan fingerprint density at radius 1 is 1.32 bits per heavy atom. The van der Waals surface area contributed by atoms with Gasteiger partial charge in [0.2, 0.25) is 11.8 Å². The van der Waals surface area contributed by atoms with E-state index in [0.717, 1.165) is 24.3 Å². The van der Waals surface area contributed by atoms with Gasteiger partial charge in [-0.3, -0.25) is 9.59 Å². The van der Waals surface area contributed by atoms with Crippen molar-refractivity contribution in [1.29, 1.82) is 0 Å². The third-order valence-electron chi connectivity index (χ3n) is 3.62. The first kappa shape index (κ1) is 16.3. The van der Waals surface area contributed by atoms with Crippen molar-refractivity contribution >= 4 is 17.5 Å². The molecule has 2 rings (SSSR count). The summed E-state index contributed by atoms with van der Waals surface area (Å²) in [6.07, 6.45) is 1.02. The second-order valence-electron chi connectivity index (χ2n) is 5.80. The van der Waals surface area contributed by atoms with Gasteiger partial charge in [0.1, 0.15) is 6.04 Å². The van der Waals surface area contributed by atoms with Crippen LogP contribution in [0.4, 0.5) is 5.69 Å². The van der Waals surface area contributed by atoms with Crippen LogP contribution in [0.2, 0.25) is 0 Å². The molecule has 1 aliphatic heterocycles. The lowest BCUT2D eigenvalue weighted by Gasteiger charge is -2.13. The Kier molecular flexibility index (Phi) is 5.77. The molecule has 1 aliphatic rings. The zero-order valence-corrected chi connectivity index (χ0v) is 13.2. The van der Waals surface area contributed by atoms with Gasteiger partial charge in [0.15, 0.2) is 0 Å². The number of nitrogens with zero attached hydrogens (tertiary/aromatic N) is 1. The first-order chi connectivity index (χ1) is 10.5. The zero-order chi connectivity index (χ0) is 15.9. The molecule has 1 fully saturated rings. The predicted octanol–water partition coefficient (Wildman–Crippen LogP) is 0.555. The lowest BCUT2D eigenvalue weighted by molar-refractivity contribution is -0.125. The van der Waals surface area contributed by atoms with E-state index in [0.29, 0.717) is 19.4 Å². The maximum atomic E-state index is 11.9. The smallest absolute Gasteiger partial charge is 0.242 e. The molecule has 0 radical (unpaired) electrons. The number of carbonyl (C=O) groups excluding carboxylic acids is 2. The van der Waals surface area contributed by atoms with Gasteiger partial charge in [0.25, 0.3) is 0 Å². The van der Waals surface area contributed by atoms with E-state index in [2.05, 4.69) is 20.9 Å². The van der Waals surface area contributed by atoms with E-state index < -0.39 is 0 Å². The van der Waals surface area contributed by atoms with Crippen LogP contribution in [0.15, 0.2) is 24.3 Å². The SMILES string of the molecule is CN(C)CCNc1ccc(CNC(=O)[C@@H]2CCC(=O)N2)cc1. The van der Waals surface area contributed by atoms with Gasteiger partial charge in [-0.1, -0.05) is 12.1 Å². The van der Waals surface area contributed by atoms with Gasteiger partial charge in [-0.15, -0.1) is 0 Å². The Hall–Kier alpha value is -2.08. The van der Waals surface area contributed by atoms with E-state index in [1.165, 1.54) is 0 Å². The van der Waals surface area contributed by atoms with Crippen LogP contribution >= 0.6 is 0 Å². The number of hydrogen-bond donors (Lipinski definition) is 3. The number of benzene rings is 1. The van der Waals surface area contributed by atoms with Gasteiger partial charge in [0, 0.05) is 31.7 Å². The summed E-state index contributed by atoms with van der Waals surface area (Å²) in [5.41, 5.74) is 2.11. The summed E-state index contributed by atoms with van der Waals surface area (Å²) in [5, 5.41) is 8.87. The van der Waals surface area contributed by atoms with Crippen LogP contribution in [-0.4, -0.2) is 49.9 Å². The number of hydrogen-bond acceptors (Lipinski definition) is 4. The Morgan fingerprint density at radius 3 is 2.64 bits per heavy atom. The molecule has 1 atom stereocenters. The van der Waals surface area contributed by atoms with Gasteiger partial charge >= 0.3 is 0 Å². The molecular weight excluding hydrogens is 280 g/mol. The molecule has 0 bridgehead atoms. The van der Waals surface area contributed by atoms with E-state index in [4.69, 9.17) is 0 Å². The summed E-state index contributed by atoms with van der Waals surface area (Å²) >= 11 is 0.